The Balaban J connectivity index is 1.90. The Labute approximate surface area is 142 Å². The minimum absolute atomic E-state index is 0.0174. The van der Waals surface area contributed by atoms with Gasteiger partial charge in [-0.05, 0) is 24.8 Å². The predicted octanol–water partition coefficient (Wildman–Crippen LogP) is 2.59. The van der Waals surface area contributed by atoms with E-state index in [2.05, 4.69) is 0 Å². The Morgan fingerprint density at radius 1 is 1.25 bits per heavy atom. The third-order valence-corrected chi connectivity index (χ3v) is 5.57. The Kier molecular flexibility index (Phi) is 4.90. The highest BCUT2D eigenvalue weighted by molar-refractivity contribution is 5.89. The van der Waals surface area contributed by atoms with Crippen LogP contribution in [0.4, 0.5) is 0 Å². The van der Waals surface area contributed by atoms with Crippen molar-refractivity contribution in [3.8, 4) is 0 Å². The second-order valence-corrected chi connectivity index (χ2v) is 6.96. The molecule has 1 aliphatic carbocycles. The zero-order valence-corrected chi connectivity index (χ0v) is 14.1. The molecular formula is C19H25NO4. The first-order valence-corrected chi connectivity index (χ1v) is 8.68. The molecule has 0 radical (unpaired) electrons. The van der Waals surface area contributed by atoms with E-state index in [0.29, 0.717) is 13.0 Å². The number of aliphatic carboxylic acids is 1. The van der Waals surface area contributed by atoms with Crippen molar-refractivity contribution in [3.05, 3.63) is 35.9 Å². The average molecular weight is 331 g/mol. The number of benzene rings is 1. The number of ether oxygens (including phenoxy) is 1. The van der Waals surface area contributed by atoms with Gasteiger partial charge in [-0.15, -0.1) is 0 Å². The quantitative estimate of drug-likeness (QED) is 0.900. The summed E-state index contributed by atoms with van der Waals surface area (Å²) < 4.78 is 5.42. The Morgan fingerprint density at radius 2 is 1.92 bits per heavy atom. The second kappa shape index (κ2) is 6.93. The molecule has 3 rings (SSSR count). The first kappa shape index (κ1) is 17.0. The highest BCUT2D eigenvalue weighted by atomic mass is 16.5. The molecule has 0 spiro atoms. The average Bonchev–Trinajstić information content (AvgIpc) is 3.22. The van der Waals surface area contributed by atoms with Gasteiger partial charge in [0.25, 0.3) is 0 Å². The van der Waals surface area contributed by atoms with Crippen molar-refractivity contribution in [1.29, 1.82) is 0 Å². The van der Waals surface area contributed by atoms with Crippen LogP contribution in [0.15, 0.2) is 30.3 Å². The van der Waals surface area contributed by atoms with E-state index in [1.807, 2.05) is 30.3 Å². The molecule has 24 heavy (non-hydrogen) atoms. The molecule has 1 saturated carbocycles. The number of carbonyl (C=O) groups excluding carboxylic acids is 1. The summed E-state index contributed by atoms with van der Waals surface area (Å²) in [5, 5.41) is 9.20. The van der Waals surface area contributed by atoms with Crippen LogP contribution >= 0.6 is 0 Å². The summed E-state index contributed by atoms with van der Waals surface area (Å²) in [6.45, 7) is 0.488. The van der Waals surface area contributed by atoms with Crippen molar-refractivity contribution in [2.24, 2.45) is 0 Å². The van der Waals surface area contributed by atoms with Gasteiger partial charge < -0.3 is 14.7 Å². The van der Waals surface area contributed by atoms with E-state index in [1.54, 1.807) is 12.0 Å². The summed E-state index contributed by atoms with van der Waals surface area (Å²) >= 11 is 0. The van der Waals surface area contributed by atoms with E-state index in [0.717, 1.165) is 31.2 Å². The molecule has 1 N–H and O–H groups in total. The lowest BCUT2D eigenvalue weighted by Crippen LogP contribution is -2.48. The fourth-order valence-electron chi connectivity index (χ4n) is 4.32. The highest BCUT2D eigenvalue weighted by Crippen LogP contribution is 2.44. The maximum absolute atomic E-state index is 13.5. The smallest absolute Gasteiger partial charge is 0.305 e. The number of likely N-dealkylation sites (tertiary alicyclic amines) is 1. The van der Waals surface area contributed by atoms with E-state index >= 15 is 0 Å². The van der Waals surface area contributed by atoms with Crippen molar-refractivity contribution in [2.75, 3.05) is 13.7 Å². The summed E-state index contributed by atoms with van der Waals surface area (Å²) in [6.07, 6.45) is 4.24. The fraction of sp³-hybridized carbons (Fsp3) is 0.579. The van der Waals surface area contributed by atoms with Gasteiger partial charge in [-0.3, -0.25) is 9.59 Å². The molecular weight excluding hydrogens is 306 g/mol. The summed E-state index contributed by atoms with van der Waals surface area (Å²) in [4.78, 5) is 26.5. The van der Waals surface area contributed by atoms with E-state index in [-0.39, 0.29) is 24.5 Å². The molecule has 0 bridgehead atoms. The molecule has 1 aromatic rings. The normalized spacial score (nSPS) is 25.8. The molecule has 2 unspecified atom stereocenters. The van der Waals surface area contributed by atoms with E-state index in [1.165, 1.54) is 0 Å². The molecule has 1 aromatic carbocycles. The van der Waals surface area contributed by atoms with Gasteiger partial charge in [-0.1, -0.05) is 43.2 Å². The van der Waals surface area contributed by atoms with Gasteiger partial charge >= 0.3 is 5.97 Å². The third kappa shape index (κ3) is 3.05. The molecule has 130 valence electrons. The number of methoxy groups -OCH3 is 1. The topological polar surface area (TPSA) is 66.8 Å². The highest BCUT2D eigenvalue weighted by Gasteiger charge is 2.48. The molecule has 1 saturated heterocycles. The van der Waals surface area contributed by atoms with Gasteiger partial charge in [0.2, 0.25) is 5.91 Å². The zero-order valence-electron chi connectivity index (χ0n) is 14.1. The van der Waals surface area contributed by atoms with Crippen LogP contribution in [0.25, 0.3) is 0 Å². The molecule has 5 nitrogen and oxygen atoms in total. The SMILES string of the molecule is COC1CC(CC(=O)O)N(C(=O)C2(c3ccccc3)CCCC2)C1. The summed E-state index contributed by atoms with van der Waals surface area (Å²) in [5.74, 6) is -0.785. The van der Waals surface area contributed by atoms with Crippen molar-refractivity contribution in [2.45, 2.75) is 56.1 Å². The first-order chi connectivity index (χ1) is 11.6. The van der Waals surface area contributed by atoms with Crippen molar-refractivity contribution >= 4 is 11.9 Å². The zero-order chi connectivity index (χ0) is 17.2. The molecule has 5 heteroatoms. The van der Waals surface area contributed by atoms with Crippen LogP contribution < -0.4 is 0 Å². The number of amides is 1. The van der Waals surface area contributed by atoms with Gasteiger partial charge in [0.1, 0.15) is 0 Å². The third-order valence-electron chi connectivity index (χ3n) is 5.57. The number of carboxylic acid groups (broad SMARTS) is 1. The van der Waals surface area contributed by atoms with Crippen LogP contribution in [0.1, 0.15) is 44.1 Å². The van der Waals surface area contributed by atoms with Gasteiger partial charge in [0.05, 0.1) is 17.9 Å². The van der Waals surface area contributed by atoms with E-state index in [9.17, 15) is 14.7 Å². The number of hydrogen-bond donors (Lipinski definition) is 1. The van der Waals surface area contributed by atoms with Crippen LogP contribution in [0.3, 0.4) is 0 Å². The van der Waals surface area contributed by atoms with Gasteiger partial charge in [-0.25, -0.2) is 0 Å². The number of rotatable bonds is 5. The number of carbonyl (C=O) groups is 2. The molecule has 2 atom stereocenters. The maximum Gasteiger partial charge on any atom is 0.305 e. The van der Waals surface area contributed by atoms with E-state index in [4.69, 9.17) is 4.74 Å². The lowest BCUT2D eigenvalue weighted by atomic mass is 9.77. The molecule has 0 aromatic heterocycles. The molecule has 1 aliphatic heterocycles. The standard InChI is InChI=1S/C19H25NO4/c1-24-16-11-15(12-17(21)22)20(13-16)18(23)19(9-5-6-10-19)14-7-3-2-4-8-14/h2-4,7-8,15-16H,5-6,9-13H2,1H3,(H,21,22). The van der Waals surface area contributed by atoms with Crippen molar-refractivity contribution in [1.82, 2.24) is 4.90 Å². The minimum atomic E-state index is -0.866. The number of carboxylic acids is 1. The largest absolute Gasteiger partial charge is 0.481 e. The van der Waals surface area contributed by atoms with Gasteiger partial charge in [0.15, 0.2) is 0 Å². The van der Waals surface area contributed by atoms with Crippen LogP contribution in [0, 0.1) is 0 Å². The predicted molar refractivity (Wildman–Crippen MR) is 89.8 cm³/mol. The summed E-state index contributed by atoms with van der Waals surface area (Å²) in [5.41, 5.74) is 0.558. The lowest BCUT2D eigenvalue weighted by molar-refractivity contribution is -0.142. The maximum atomic E-state index is 13.5. The lowest BCUT2D eigenvalue weighted by Gasteiger charge is -2.35. The Morgan fingerprint density at radius 3 is 2.50 bits per heavy atom. The van der Waals surface area contributed by atoms with Gasteiger partial charge in [-0.2, -0.15) is 0 Å². The van der Waals surface area contributed by atoms with Crippen molar-refractivity contribution < 1.29 is 19.4 Å². The van der Waals surface area contributed by atoms with Crippen LogP contribution in [-0.2, 0) is 19.7 Å². The fourth-order valence-corrected chi connectivity index (χ4v) is 4.32. The summed E-state index contributed by atoms with van der Waals surface area (Å²) in [6, 6.07) is 9.68. The van der Waals surface area contributed by atoms with Gasteiger partial charge in [0, 0.05) is 19.7 Å². The first-order valence-electron chi connectivity index (χ1n) is 8.68. The number of nitrogens with zero attached hydrogens (tertiary/aromatic N) is 1. The Bertz CT molecular complexity index is 595. The summed E-state index contributed by atoms with van der Waals surface area (Å²) in [7, 11) is 1.62. The monoisotopic (exact) mass is 331 g/mol. The molecule has 1 heterocycles. The van der Waals surface area contributed by atoms with Crippen LogP contribution in [0.5, 0.6) is 0 Å². The van der Waals surface area contributed by atoms with Crippen LogP contribution in [0.2, 0.25) is 0 Å². The molecule has 2 fully saturated rings. The molecule has 1 amide bonds. The Hall–Kier alpha value is -1.88. The second-order valence-electron chi connectivity index (χ2n) is 6.96. The van der Waals surface area contributed by atoms with Crippen molar-refractivity contribution in [3.63, 3.8) is 0 Å². The van der Waals surface area contributed by atoms with Crippen LogP contribution in [-0.4, -0.2) is 47.7 Å². The minimum Gasteiger partial charge on any atom is -0.481 e. The molecule has 2 aliphatic rings. The van der Waals surface area contributed by atoms with E-state index < -0.39 is 11.4 Å². The number of hydrogen-bond acceptors (Lipinski definition) is 3.